The van der Waals surface area contributed by atoms with E-state index in [0.717, 1.165) is 12.6 Å². The van der Waals surface area contributed by atoms with Crippen LogP contribution in [0.2, 0.25) is 0 Å². The molecule has 2 aliphatic rings. The molecule has 0 radical (unpaired) electrons. The normalized spacial score (nSPS) is 27.8. The first-order chi connectivity index (χ1) is 9.33. The fraction of sp³-hybridized carbons (Fsp3) is 1.00. The SMILES string of the molecule is CCCC(CN1CCC(N2CCCCC2)C1)NCC. The fourth-order valence-electron chi connectivity index (χ4n) is 3.77. The van der Waals surface area contributed by atoms with E-state index in [1.54, 1.807) is 0 Å². The molecule has 0 saturated carbocycles. The van der Waals surface area contributed by atoms with Crippen molar-refractivity contribution < 1.29 is 0 Å². The second-order valence-electron chi connectivity index (χ2n) is 6.34. The number of nitrogens with zero attached hydrogens (tertiary/aromatic N) is 2. The van der Waals surface area contributed by atoms with Gasteiger partial charge in [-0.25, -0.2) is 0 Å². The first-order valence-corrected chi connectivity index (χ1v) is 8.53. The lowest BCUT2D eigenvalue weighted by molar-refractivity contribution is 0.159. The lowest BCUT2D eigenvalue weighted by atomic mass is 10.1. The minimum atomic E-state index is 0.704. The second kappa shape index (κ2) is 8.23. The Labute approximate surface area is 119 Å². The second-order valence-corrected chi connectivity index (χ2v) is 6.34. The van der Waals surface area contributed by atoms with Gasteiger partial charge in [-0.2, -0.15) is 0 Å². The highest BCUT2D eigenvalue weighted by Crippen LogP contribution is 2.20. The van der Waals surface area contributed by atoms with Crippen LogP contribution in [0.4, 0.5) is 0 Å². The summed E-state index contributed by atoms with van der Waals surface area (Å²) in [6.45, 7) is 12.2. The third-order valence-corrected chi connectivity index (χ3v) is 4.76. The van der Waals surface area contributed by atoms with Gasteiger partial charge in [-0.05, 0) is 51.9 Å². The van der Waals surface area contributed by atoms with Gasteiger partial charge < -0.3 is 10.2 Å². The Morgan fingerprint density at radius 1 is 1.11 bits per heavy atom. The predicted octanol–water partition coefficient (Wildman–Crippen LogP) is 2.32. The first kappa shape index (κ1) is 15.3. The Kier molecular flexibility index (Phi) is 6.62. The van der Waals surface area contributed by atoms with E-state index in [9.17, 15) is 0 Å². The van der Waals surface area contributed by atoms with Crippen molar-refractivity contribution in [3.8, 4) is 0 Å². The summed E-state index contributed by atoms with van der Waals surface area (Å²) >= 11 is 0. The molecule has 2 saturated heterocycles. The van der Waals surface area contributed by atoms with Crippen LogP contribution in [-0.2, 0) is 0 Å². The van der Waals surface area contributed by atoms with Crippen LogP contribution in [0.25, 0.3) is 0 Å². The average Bonchev–Trinajstić information content (AvgIpc) is 2.89. The third-order valence-electron chi connectivity index (χ3n) is 4.76. The minimum Gasteiger partial charge on any atom is -0.313 e. The summed E-state index contributed by atoms with van der Waals surface area (Å²) in [5.41, 5.74) is 0. The Morgan fingerprint density at radius 2 is 1.89 bits per heavy atom. The van der Waals surface area contributed by atoms with E-state index in [1.165, 1.54) is 71.2 Å². The lowest BCUT2D eigenvalue weighted by Gasteiger charge is -2.32. The van der Waals surface area contributed by atoms with Gasteiger partial charge in [0.05, 0.1) is 0 Å². The van der Waals surface area contributed by atoms with E-state index < -0.39 is 0 Å². The van der Waals surface area contributed by atoms with E-state index in [-0.39, 0.29) is 0 Å². The Balaban J connectivity index is 1.73. The monoisotopic (exact) mass is 267 g/mol. The van der Waals surface area contributed by atoms with Crippen LogP contribution in [0.15, 0.2) is 0 Å². The molecule has 3 nitrogen and oxygen atoms in total. The number of piperidine rings is 1. The van der Waals surface area contributed by atoms with E-state index in [2.05, 4.69) is 29.0 Å². The van der Waals surface area contributed by atoms with Gasteiger partial charge in [0.25, 0.3) is 0 Å². The zero-order chi connectivity index (χ0) is 13.5. The van der Waals surface area contributed by atoms with Crippen molar-refractivity contribution in [2.45, 2.75) is 64.5 Å². The van der Waals surface area contributed by atoms with E-state index >= 15 is 0 Å². The highest BCUT2D eigenvalue weighted by atomic mass is 15.3. The van der Waals surface area contributed by atoms with Gasteiger partial charge in [0.15, 0.2) is 0 Å². The molecule has 0 bridgehead atoms. The van der Waals surface area contributed by atoms with Crippen molar-refractivity contribution in [2.24, 2.45) is 0 Å². The van der Waals surface area contributed by atoms with E-state index in [1.807, 2.05) is 0 Å². The van der Waals surface area contributed by atoms with Crippen LogP contribution in [0.3, 0.4) is 0 Å². The maximum Gasteiger partial charge on any atom is 0.0235 e. The molecule has 1 N–H and O–H groups in total. The van der Waals surface area contributed by atoms with Gasteiger partial charge in [0.1, 0.15) is 0 Å². The number of hydrogen-bond donors (Lipinski definition) is 1. The maximum absolute atomic E-state index is 3.65. The molecule has 2 unspecified atom stereocenters. The van der Waals surface area contributed by atoms with Gasteiger partial charge in [-0.3, -0.25) is 4.90 Å². The van der Waals surface area contributed by atoms with Gasteiger partial charge in [0, 0.05) is 25.2 Å². The van der Waals surface area contributed by atoms with Crippen molar-refractivity contribution in [2.75, 3.05) is 39.3 Å². The molecule has 3 heteroatoms. The van der Waals surface area contributed by atoms with E-state index in [0.29, 0.717) is 6.04 Å². The van der Waals surface area contributed by atoms with Gasteiger partial charge in [-0.15, -0.1) is 0 Å². The van der Waals surface area contributed by atoms with Crippen molar-refractivity contribution in [1.29, 1.82) is 0 Å². The summed E-state index contributed by atoms with van der Waals surface area (Å²) in [4.78, 5) is 5.45. The predicted molar refractivity (Wildman–Crippen MR) is 82.6 cm³/mol. The first-order valence-electron chi connectivity index (χ1n) is 8.53. The van der Waals surface area contributed by atoms with Crippen molar-refractivity contribution in [1.82, 2.24) is 15.1 Å². The lowest BCUT2D eigenvalue weighted by Crippen LogP contribution is -2.43. The fourth-order valence-corrected chi connectivity index (χ4v) is 3.77. The smallest absolute Gasteiger partial charge is 0.0235 e. The van der Waals surface area contributed by atoms with Gasteiger partial charge in [-0.1, -0.05) is 26.7 Å². The minimum absolute atomic E-state index is 0.704. The summed E-state index contributed by atoms with van der Waals surface area (Å²) in [7, 11) is 0. The van der Waals surface area contributed by atoms with Crippen molar-refractivity contribution >= 4 is 0 Å². The highest BCUT2D eigenvalue weighted by Gasteiger charge is 2.29. The molecule has 2 atom stereocenters. The summed E-state index contributed by atoms with van der Waals surface area (Å²) in [5.74, 6) is 0. The van der Waals surface area contributed by atoms with Crippen molar-refractivity contribution in [3.63, 3.8) is 0 Å². The number of rotatable bonds is 7. The number of likely N-dealkylation sites (tertiary alicyclic amines) is 2. The molecule has 0 aliphatic carbocycles. The molecule has 0 spiro atoms. The topological polar surface area (TPSA) is 18.5 Å². The zero-order valence-electron chi connectivity index (χ0n) is 13.0. The van der Waals surface area contributed by atoms with Crippen LogP contribution < -0.4 is 5.32 Å². The maximum atomic E-state index is 3.65. The molecule has 0 aromatic heterocycles. The molecular weight excluding hydrogens is 234 g/mol. The van der Waals surface area contributed by atoms with Crippen LogP contribution in [0.1, 0.15) is 52.4 Å². The summed E-state index contributed by atoms with van der Waals surface area (Å²) < 4.78 is 0. The highest BCUT2D eigenvalue weighted by molar-refractivity contribution is 4.86. The Morgan fingerprint density at radius 3 is 2.58 bits per heavy atom. The van der Waals surface area contributed by atoms with Gasteiger partial charge in [0.2, 0.25) is 0 Å². The average molecular weight is 267 g/mol. The molecule has 0 aromatic carbocycles. The number of likely N-dealkylation sites (N-methyl/N-ethyl adjacent to an activating group) is 1. The molecule has 0 amide bonds. The molecule has 2 fully saturated rings. The Hall–Kier alpha value is -0.120. The van der Waals surface area contributed by atoms with Crippen LogP contribution >= 0.6 is 0 Å². The number of hydrogen-bond acceptors (Lipinski definition) is 3. The summed E-state index contributed by atoms with van der Waals surface area (Å²) in [6.07, 6.45) is 8.30. The van der Waals surface area contributed by atoms with Gasteiger partial charge >= 0.3 is 0 Å². The molecule has 0 aromatic rings. The Bertz CT molecular complexity index is 232. The molecule has 19 heavy (non-hydrogen) atoms. The quantitative estimate of drug-likeness (QED) is 0.764. The summed E-state index contributed by atoms with van der Waals surface area (Å²) in [6, 6.07) is 1.55. The molecule has 2 rings (SSSR count). The molecule has 2 aliphatic heterocycles. The largest absolute Gasteiger partial charge is 0.313 e. The molecular formula is C16H33N3. The van der Waals surface area contributed by atoms with E-state index in [4.69, 9.17) is 0 Å². The third kappa shape index (κ3) is 4.73. The van der Waals surface area contributed by atoms with Crippen LogP contribution in [0.5, 0.6) is 0 Å². The molecule has 112 valence electrons. The standard InChI is InChI=1S/C16H33N3/c1-3-8-15(17-4-2)13-18-12-9-16(14-18)19-10-6-5-7-11-19/h15-17H,3-14H2,1-2H3. The summed E-state index contributed by atoms with van der Waals surface area (Å²) in [5, 5.41) is 3.65. The van der Waals surface area contributed by atoms with Crippen LogP contribution in [0, 0.1) is 0 Å². The number of nitrogens with one attached hydrogen (secondary N) is 1. The van der Waals surface area contributed by atoms with Crippen molar-refractivity contribution in [3.05, 3.63) is 0 Å². The van der Waals surface area contributed by atoms with Crippen LogP contribution in [-0.4, -0.2) is 61.2 Å². The molecule has 2 heterocycles. The zero-order valence-corrected chi connectivity index (χ0v) is 13.0.